The number of halogens is 1. The highest BCUT2D eigenvalue weighted by atomic mass is 79.9. The largest absolute Gasteiger partial charge is 0.506 e. The molecular weight excluding hydrogens is 290 g/mol. The second-order valence-corrected chi connectivity index (χ2v) is 5.98. The van der Waals surface area contributed by atoms with Crippen molar-refractivity contribution in [3.8, 4) is 5.75 Å². The molecule has 1 aromatic rings. The van der Waals surface area contributed by atoms with Gasteiger partial charge in [0, 0.05) is 18.2 Å². The van der Waals surface area contributed by atoms with Gasteiger partial charge in [-0.15, -0.1) is 0 Å². The van der Waals surface area contributed by atoms with Crippen LogP contribution < -0.4 is 0 Å². The van der Waals surface area contributed by atoms with Gasteiger partial charge < -0.3 is 5.11 Å². The minimum Gasteiger partial charge on any atom is -0.506 e. The Morgan fingerprint density at radius 2 is 2.17 bits per heavy atom. The Morgan fingerprint density at radius 3 is 2.94 bits per heavy atom. The Morgan fingerprint density at radius 1 is 1.33 bits per heavy atom. The summed E-state index contributed by atoms with van der Waals surface area (Å²) in [6, 6.07) is 6.58. The number of nitrogens with zero attached hydrogens (tertiary/aromatic N) is 1. The first kappa shape index (κ1) is 13.9. The number of benzene rings is 1. The maximum atomic E-state index is 10.1. The van der Waals surface area contributed by atoms with Gasteiger partial charge in [0.25, 0.3) is 0 Å². The third-order valence-electron chi connectivity index (χ3n) is 3.91. The molecule has 1 unspecified atom stereocenters. The molecule has 3 heteroatoms. The van der Waals surface area contributed by atoms with Crippen LogP contribution >= 0.6 is 15.9 Å². The number of phenolic OH excluding ortho intramolecular Hbond substituents is 1. The number of rotatable bonds is 3. The fraction of sp³-hybridized carbons (Fsp3) is 0.600. The molecule has 1 fully saturated rings. The lowest BCUT2D eigenvalue weighted by molar-refractivity contribution is 0.184. The van der Waals surface area contributed by atoms with E-state index in [1.54, 1.807) is 0 Å². The van der Waals surface area contributed by atoms with Gasteiger partial charge in [0.1, 0.15) is 5.75 Å². The standard InChI is InChI=1S/C15H22BrNO/c1-2-13-8-4-3-5-10-17(13)11-12-7-6-9-14(16)15(12)18/h6-7,9,13,18H,2-5,8,10-11H2,1H3. The zero-order valence-corrected chi connectivity index (χ0v) is 12.6. The van der Waals surface area contributed by atoms with Gasteiger partial charge in [0.15, 0.2) is 0 Å². The summed E-state index contributed by atoms with van der Waals surface area (Å²) in [5.41, 5.74) is 1.03. The quantitative estimate of drug-likeness (QED) is 0.899. The highest BCUT2D eigenvalue weighted by molar-refractivity contribution is 9.10. The Labute approximate surface area is 118 Å². The van der Waals surface area contributed by atoms with Crippen molar-refractivity contribution < 1.29 is 5.11 Å². The first-order valence-corrected chi connectivity index (χ1v) is 7.72. The molecule has 2 nitrogen and oxygen atoms in total. The Hall–Kier alpha value is -0.540. The van der Waals surface area contributed by atoms with Crippen molar-refractivity contribution in [2.24, 2.45) is 0 Å². The van der Waals surface area contributed by atoms with Crippen molar-refractivity contribution in [3.63, 3.8) is 0 Å². The van der Waals surface area contributed by atoms with Crippen LogP contribution in [0.1, 0.15) is 44.6 Å². The molecule has 100 valence electrons. The number of para-hydroxylation sites is 1. The van der Waals surface area contributed by atoms with Crippen molar-refractivity contribution in [1.29, 1.82) is 0 Å². The molecule has 0 aliphatic carbocycles. The van der Waals surface area contributed by atoms with Gasteiger partial charge in [-0.1, -0.05) is 31.9 Å². The van der Waals surface area contributed by atoms with E-state index in [1.165, 1.54) is 32.1 Å². The van der Waals surface area contributed by atoms with Crippen LogP contribution in [0.15, 0.2) is 22.7 Å². The third kappa shape index (κ3) is 3.27. The van der Waals surface area contributed by atoms with Crippen molar-refractivity contribution in [2.75, 3.05) is 6.54 Å². The highest BCUT2D eigenvalue weighted by Gasteiger charge is 2.20. The normalized spacial score (nSPS) is 21.8. The second kappa shape index (κ2) is 6.58. The molecule has 1 saturated heterocycles. The molecule has 1 heterocycles. The number of hydrogen-bond acceptors (Lipinski definition) is 2. The van der Waals surface area contributed by atoms with Gasteiger partial charge in [-0.25, -0.2) is 0 Å². The number of phenols is 1. The van der Waals surface area contributed by atoms with Gasteiger partial charge in [0.2, 0.25) is 0 Å². The maximum absolute atomic E-state index is 10.1. The summed E-state index contributed by atoms with van der Waals surface area (Å²) >= 11 is 3.39. The van der Waals surface area contributed by atoms with Crippen LogP contribution in [0.3, 0.4) is 0 Å². The van der Waals surface area contributed by atoms with E-state index in [9.17, 15) is 5.11 Å². The summed E-state index contributed by atoms with van der Waals surface area (Å²) in [5.74, 6) is 0.400. The summed E-state index contributed by atoms with van der Waals surface area (Å²) in [6.07, 6.45) is 6.47. The molecule has 0 bridgehead atoms. The molecule has 1 aliphatic heterocycles. The van der Waals surface area contributed by atoms with Crippen LogP contribution in [0.4, 0.5) is 0 Å². The van der Waals surface area contributed by atoms with Crippen molar-refractivity contribution >= 4 is 15.9 Å². The van der Waals surface area contributed by atoms with Crippen LogP contribution in [0, 0.1) is 0 Å². The molecule has 0 radical (unpaired) electrons. The van der Waals surface area contributed by atoms with Crippen molar-refractivity contribution in [1.82, 2.24) is 4.90 Å². The minimum absolute atomic E-state index is 0.400. The van der Waals surface area contributed by atoms with E-state index in [-0.39, 0.29) is 0 Å². The molecular formula is C15H22BrNO. The number of likely N-dealkylation sites (tertiary alicyclic amines) is 1. The van der Waals surface area contributed by atoms with Crippen LogP contribution in [0.25, 0.3) is 0 Å². The van der Waals surface area contributed by atoms with Crippen LogP contribution in [0.2, 0.25) is 0 Å². The Balaban J connectivity index is 2.12. The van der Waals surface area contributed by atoms with E-state index in [4.69, 9.17) is 0 Å². The molecule has 2 rings (SSSR count). The lowest BCUT2D eigenvalue weighted by Crippen LogP contribution is -2.33. The molecule has 0 saturated carbocycles. The average molecular weight is 312 g/mol. The summed E-state index contributed by atoms with van der Waals surface area (Å²) < 4.78 is 0.794. The summed E-state index contributed by atoms with van der Waals surface area (Å²) in [6.45, 7) is 4.29. The lowest BCUT2D eigenvalue weighted by Gasteiger charge is -2.29. The molecule has 0 spiro atoms. The number of aromatic hydroxyl groups is 1. The maximum Gasteiger partial charge on any atom is 0.134 e. The predicted octanol–water partition coefficient (Wildman–Crippen LogP) is 4.31. The zero-order valence-electron chi connectivity index (χ0n) is 11.0. The number of hydrogen-bond donors (Lipinski definition) is 1. The summed E-state index contributed by atoms with van der Waals surface area (Å²) in [7, 11) is 0. The van der Waals surface area contributed by atoms with E-state index in [1.807, 2.05) is 18.2 Å². The monoisotopic (exact) mass is 311 g/mol. The molecule has 0 aromatic heterocycles. The van der Waals surface area contributed by atoms with Crippen molar-refractivity contribution in [2.45, 2.75) is 51.6 Å². The molecule has 1 atom stereocenters. The van der Waals surface area contributed by atoms with E-state index >= 15 is 0 Å². The molecule has 0 amide bonds. The molecule has 1 aromatic carbocycles. The van der Waals surface area contributed by atoms with Crippen molar-refractivity contribution in [3.05, 3.63) is 28.2 Å². The van der Waals surface area contributed by atoms with Crippen LogP contribution in [0.5, 0.6) is 5.75 Å². The van der Waals surface area contributed by atoms with Gasteiger partial charge in [-0.2, -0.15) is 0 Å². The van der Waals surface area contributed by atoms with Gasteiger partial charge in [0.05, 0.1) is 4.47 Å². The topological polar surface area (TPSA) is 23.5 Å². The Bertz CT molecular complexity index is 394. The summed E-state index contributed by atoms with van der Waals surface area (Å²) in [5, 5.41) is 10.1. The van der Waals surface area contributed by atoms with Crippen LogP contribution in [-0.4, -0.2) is 22.6 Å². The van der Waals surface area contributed by atoms with E-state index in [0.717, 1.165) is 23.1 Å². The van der Waals surface area contributed by atoms with Crippen LogP contribution in [-0.2, 0) is 6.54 Å². The fourth-order valence-corrected chi connectivity index (χ4v) is 3.22. The van der Waals surface area contributed by atoms with E-state index in [2.05, 4.69) is 27.8 Å². The fourth-order valence-electron chi connectivity index (χ4n) is 2.81. The zero-order chi connectivity index (χ0) is 13.0. The first-order chi connectivity index (χ1) is 8.72. The average Bonchev–Trinajstić information content (AvgIpc) is 2.60. The van der Waals surface area contributed by atoms with Gasteiger partial charge in [-0.05, 0) is 47.8 Å². The molecule has 18 heavy (non-hydrogen) atoms. The second-order valence-electron chi connectivity index (χ2n) is 5.13. The minimum atomic E-state index is 0.400. The highest BCUT2D eigenvalue weighted by Crippen LogP contribution is 2.30. The predicted molar refractivity (Wildman–Crippen MR) is 78.8 cm³/mol. The Kier molecular flexibility index (Phi) is 5.07. The SMILES string of the molecule is CCC1CCCCCN1Cc1cccc(Br)c1O. The molecule has 1 aliphatic rings. The third-order valence-corrected chi connectivity index (χ3v) is 4.55. The van der Waals surface area contributed by atoms with Gasteiger partial charge >= 0.3 is 0 Å². The van der Waals surface area contributed by atoms with E-state index in [0.29, 0.717) is 11.8 Å². The van der Waals surface area contributed by atoms with E-state index < -0.39 is 0 Å². The first-order valence-electron chi connectivity index (χ1n) is 6.92. The van der Waals surface area contributed by atoms with Gasteiger partial charge in [-0.3, -0.25) is 4.90 Å². The smallest absolute Gasteiger partial charge is 0.134 e. The summed E-state index contributed by atoms with van der Waals surface area (Å²) in [4.78, 5) is 2.54. The molecule has 1 N–H and O–H groups in total. The lowest BCUT2D eigenvalue weighted by atomic mass is 10.1.